The lowest BCUT2D eigenvalue weighted by molar-refractivity contribution is 0.0681. The molecule has 0 bridgehead atoms. The molecule has 8 heteroatoms. The number of rotatable bonds is 3. The third-order valence-corrected chi connectivity index (χ3v) is 9.47. The predicted octanol–water partition coefficient (Wildman–Crippen LogP) is 2.49. The van der Waals surface area contributed by atoms with Gasteiger partial charge in [0.2, 0.25) is 5.36 Å². The molecule has 0 spiro atoms. The molecule has 0 saturated heterocycles. The van der Waals surface area contributed by atoms with Crippen LogP contribution < -0.4 is 24.8 Å². The van der Waals surface area contributed by atoms with E-state index in [-0.39, 0.29) is 11.1 Å². The van der Waals surface area contributed by atoms with Crippen LogP contribution in [-0.2, 0) is 25.7 Å². The molecule has 1 atom stereocenters. The van der Waals surface area contributed by atoms with Gasteiger partial charge in [0, 0.05) is 59.1 Å². The second kappa shape index (κ2) is 8.91. The third-order valence-electron chi connectivity index (χ3n) is 9.47. The molecule has 5 aliphatic rings. The first-order chi connectivity index (χ1) is 19.9. The Balaban J connectivity index is 1.55. The second-order valence-corrected chi connectivity index (χ2v) is 11.9. The molecule has 208 valence electrons. The Kier molecular flexibility index (Phi) is 5.35. The van der Waals surface area contributed by atoms with E-state index in [2.05, 4.69) is 21.6 Å². The van der Waals surface area contributed by atoms with Crippen LogP contribution in [0.3, 0.4) is 0 Å². The van der Waals surface area contributed by atoms with Gasteiger partial charge in [-0.2, -0.15) is 0 Å². The highest BCUT2D eigenvalue weighted by atomic mass is 16.5. The highest BCUT2D eigenvalue weighted by Gasteiger charge is 2.37. The first kappa shape index (κ1) is 24.6. The highest BCUT2D eigenvalue weighted by Crippen LogP contribution is 2.48. The van der Waals surface area contributed by atoms with Crippen LogP contribution in [0.1, 0.15) is 73.4 Å². The van der Waals surface area contributed by atoms with Crippen molar-refractivity contribution in [1.82, 2.24) is 4.58 Å². The van der Waals surface area contributed by atoms with Crippen LogP contribution >= 0.6 is 0 Å². The fourth-order valence-electron chi connectivity index (χ4n) is 7.90. The number of fused-ring (bicyclic) bond motifs is 4. The van der Waals surface area contributed by atoms with E-state index in [9.17, 15) is 24.9 Å². The average molecular weight is 552 g/mol. The molecule has 41 heavy (non-hydrogen) atoms. The van der Waals surface area contributed by atoms with Crippen LogP contribution in [0.5, 0.6) is 11.5 Å². The van der Waals surface area contributed by atoms with Crippen molar-refractivity contribution < 1.29 is 29.6 Å². The van der Waals surface area contributed by atoms with Gasteiger partial charge >= 0.3 is 11.9 Å². The summed E-state index contributed by atoms with van der Waals surface area (Å²) >= 11 is 0. The van der Waals surface area contributed by atoms with Gasteiger partial charge in [0.1, 0.15) is 24.1 Å². The van der Waals surface area contributed by atoms with Crippen molar-refractivity contribution in [3.8, 4) is 11.5 Å². The van der Waals surface area contributed by atoms with Gasteiger partial charge < -0.3 is 25.0 Å². The number of hydrogen-bond acceptors (Lipinski definition) is 5. The number of nitrogens with zero attached hydrogens (tertiary/aromatic N) is 2. The zero-order valence-corrected chi connectivity index (χ0v) is 22.7. The Hall–Kier alpha value is -4.17. The Morgan fingerprint density at radius 2 is 1.68 bits per heavy atom. The van der Waals surface area contributed by atoms with E-state index in [1.165, 1.54) is 29.4 Å². The summed E-state index contributed by atoms with van der Waals surface area (Å²) in [6.07, 6.45) is 5.63. The Morgan fingerprint density at radius 1 is 0.878 bits per heavy atom. The van der Waals surface area contributed by atoms with Crippen molar-refractivity contribution in [1.29, 1.82) is 0 Å². The van der Waals surface area contributed by atoms with Crippen LogP contribution in [0.4, 0.5) is 5.69 Å². The molecular formula is C33H31N2O6+. The first-order valence-corrected chi connectivity index (χ1v) is 14.6. The van der Waals surface area contributed by atoms with E-state index >= 15 is 0 Å². The van der Waals surface area contributed by atoms with Gasteiger partial charge in [-0.15, -0.1) is 0 Å². The summed E-state index contributed by atoms with van der Waals surface area (Å²) in [5, 5.41) is 33.0. The predicted molar refractivity (Wildman–Crippen MR) is 152 cm³/mol. The van der Waals surface area contributed by atoms with Gasteiger partial charge in [0.25, 0.3) is 0 Å². The summed E-state index contributed by atoms with van der Waals surface area (Å²) in [7, 11) is 0. The normalized spacial score (nSPS) is 19.9. The van der Waals surface area contributed by atoms with E-state index in [1.807, 2.05) is 0 Å². The van der Waals surface area contributed by atoms with Gasteiger partial charge in [-0.05, 0) is 73.6 Å². The van der Waals surface area contributed by atoms with Crippen LogP contribution in [0.2, 0.25) is 0 Å². The molecule has 3 aromatic carbocycles. The van der Waals surface area contributed by atoms with Gasteiger partial charge in [0.05, 0.1) is 16.7 Å². The van der Waals surface area contributed by atoms with Crippen molar-refractivity contribution in [2.24, 2.45) is 0 Å². The lowest BCUT2D eigenvalue weighted by Crippen LogP contribution is -2.50. The monoisotopic (exact) mass is 551 g/mol. The Labute approximate surface area is 236 Å². The molecule has 0 aromatic heterocycles. The smallest absolute Gasteiger partial charge is 0.336 e. The number of carbonyl (C=O) groups is 2. The summed E-state index contributed by atoms with van der Waals surface area (Å²) < 4.78 is 9.20. The summed E-state index contributed by atoms with van der Waals surface area (Å²) in [5.74, 6) is -0.802. The maximum Gasteiger partial charge on any atom is 0.336 e. The quantitative estimate of drug-likeness (QED) is 0.336. The molecule has 8 nitrogen and oxygen atoms in total. The number of benzene rings is 3. The van der Waals surface area contributed by atoms with Crippen molar-refractivity contribution >= 4 is 23.2 Å². The van der Waals surface area contributed by atoms with Crippen LogP contribution in [0.15, 0.2) is 30.3 Å². The Morgan fingerprint density at radius 3 is 2.49 bits per heavy atom. The first-order valence-electron chi connectivity index (χ1n) is 14.6. The minimum Gasteiger partial charge on any atom is -0.478 e. The molecule has 0 saturated carbocycles. The zero-order chi connectivity index (χ0) is 28.0. The molecule has 8 rings (SSSR count). The lowest BCUT2D eigenvalue weighted by atomic mass is 9.81. The number of carboxylic acids is 2. The largest absolute Gasteiger partial charge is 0.478 e. The van der Waals surface area contributed by atoms with Gasteiger partial charge in [0.15, 0.2) is 6.54 Å². The highest BCUT2D eigenvalue weighted by molar-refractivity contribution is 6.01. The molecule has 3 N–H and O–H groups in total. The fourth-order valence-corrected chi connectivity index (χ4v) is 7.90. The van der Waals surface area contributed by atoms with Crippen molar-refractivity contribution in [3.63, 3.8) is 0 Å². The summed E-state index contributed by atoms with van der Waals surface area (Å²) in [6, 6.07) is 8.56. The zero-order valence-electron chi connectivity index (χ0n) is 22.7. The Bertz CT molecular complexity index is 1840. The van der Waals surface area contributed by atoms with Crippen LogP contribution in [0.25, 0.3) is 5.57 Å². The van der Waals surface area contributed by atoms with E-state index in [0.29, 0.717) is 29.9 Å². The minimum atomic E-state index is -1.11. The van der Waals surface area contributed by atoms with E-state index in [4.69, 9.17) is 4.74 Å². The molecule has 0 amide bonds. The van der Waals surface area contributed by atoms with E-state index < -0.39 is 18.0 Å². The number of aliphatic hydroxyl groups excluding tert-OH is 1. The molecule has 0 unspecified atom stereocenters. The van der Waals surface area contributed by atoms with Gasteiger partial charge in [-0.1, -0.05) is 0 Å². The number of aryl methyl sites for hydroxylation is 2. The van der Waals surface area contributed by atoms with E-state index in [0.717, 1.165) is 96.7 Å². The number of aliphatic hydroxyl groups is 1. The summed E-state index contributed by atoms with van der Waals surface area (Å²) in [6.45, 7) is 3.48. The summed E-state index contributed by atoms with van der Waals surface area (Å²) in [4.78, 5) is 27.1. The SMILES string of the molecule is O=C(O)c1ccc(C(=O)O)c(C2=c3cc4c5c(c3Oc3c2cc2c6c3CCCN6CCC2)C[C@H](O)C[N+]=5CCC4)c1. The van der Waals surface area contributed by atoms with E-state index in [1.54, 1.807) is 0 Å². The molecule has 0 radical (unpaired) electrons. The molecule has 3 aromatic rings. The number of hydrogen-bond donors (Lipinski definition) is 3. The summed E-state index contributed by atoms with van der Waals surface area (Å²) in [5.41, 5.74) is 7.78. The molecule has 0 aliphatic carbocycles. The maximum absolute atomic E-state index is 12.6. The average Bonchev–Trinajstić information content (AvgIpc) is 2.96. The van der Waals surface area contributed by atoms with Gasteiger partial charge in [-0.25, -0.2) is 14.2 Å². The standard InChI is InChI=1S/C33H30N2O6/c36-20-15-26-29-18(5-2-11-35(29)16-20)13-25-27(23-14-19(32(37)38)7-8-21(23)33(39)40)24-12-17-4-1-9-34-10-3-6-22(28(17)34)30(24)41-31(25)26/h7-8,12-14,20,36H,1-6,9-11,15-16H2,(H-,37,38,39,40)/p+1/t20-/m0/s1. The third kappa shape index (κ3) is 3.59. The van der Waals surface area contributed by atoms with Crippen molar-refractivity contribution in [2.75, 3.05) is 31.1 Å². The second-order valence-electron chi connectivity index (χ2n) is 11.9. The molecule has 5 heterocycles. The number of aromatic carboxylic acids is 2. The van der Waals surface area contributed by atoms with Crippen LogP contribution in [-0.4, -0.2) is 59.5 Å². The number of carboxylic acid groups (broad SMARTS) is 2. The number of ether oxygens (including phenoxy) is 1. The lowest BCUT2D eigenvalue weighted by Gasteiger charge is -2.39. The van der Waals surface area contributed by atoms with Gasteiger partial charge in [-0.3, -0.25) is 0 Å². The van der Waals surface area contributed by atoms with Crippen molar-refractivity contribution in [2.45, 2.75) is 51.0 Å². The molecule has 5 aliphatic heterocycles. The van der Waals surface area contributed by atoms with Crippen LogP contribution in [0, 0.1) is 0 Å². The maximum atomic E-state index is 12.6. The molecular weight excluding hydrogens is 520 g/mol. The topological polar surface area (TPSA) is 110 Å². The fraction of sp³-hybridized carbons (Fsp3) is 0.364. The molecule has 0 fully saturated rings. The number of anilines is 1. The van der Waals surface area contributed by atoms with Crippen molar-refractivity contribution in [3.05, 3.63) is 85.4 Å². The minimum absolute atomic E-state index is 0.0402.